The fourth-order valence-corrected chi connectivity index (χ4v) is 2.46. The lowest BCUT2D eigenvalue weighted by molar-refractivity contribution is -0.153. The summed E-state index contributed by atoms with van der Waals surface area (Å²) < 4.78 is 5.10. The van der Waals surface area contributed by atoms with E-state index in [0.29, 0.717) is 16.8 Å². The van der Waals surface area contributed by atoms with Crippen molar-refractivity contribution in [3.8, 4) is 6.07 Å². The van der Waals surface area contributed by atoms with Crippen LogP contribution in [0.4, 0.5) is 5.69 Å². The maximum Gasteiger partial charge on any atom is 0.307 e. The average Bonchev–Trinajstić information content (AvgIpc) is 2.68. The normalized spacial score (nSPS) is 11.2. The molecule has 0 radical (unpaired) electrons. The number of aryl methyl sites for hydroxylation is 2. The average molecular weight is 378 g/mol. The number of hydrogen-bond donors (Lipinski definition) is 1. The fourth-order valence-electron chi connectivity index (χ4n) is 2.46. The third kappa shape index (κ3) is 5.78. The minimum absolute atomic E-state index is 0.0191. The maximum atomic E-state index is 12.2. The molecule has 1 amide bonds. The molecule has 144 valence electrons. The van der Waals surface area contributed by atoms with Crippen molar-refractivity contribution in [2.75, 3.05) is 5.32 Å². The monoisotopic (exact) mass is 378 g/mol. The van der Waals surface area contributed by atoms with E-state index in [9.17, 15) is 14.4 Å². The number of hydrogen-bond acceptors (Lipinski definition) is 5. The van der Waals surface area contributed by atoms with E-state index in [4.69, 9.17) is 10.00 Å². The second-order valence-corrected chi connectivity index (χ2v) is 6.53. The lowest BCUT2D eigenvalue weighted by Gasteiger charge is -2.13. The number of carbonyl (C=O) groups excluding carboxylic acids is 3. The SMILES string of the molecule is Cc1ccc(C(=O)CCC(=O)O[C@@H](C)C(=O)Nc2ccc(C#N)cc2)cc1C. The van der Waals surface area contributed by atoms with Crippen molar-refractivity contribution in [3.63, 3.8) is 0 Å². The van der Waals surface area contributed by atoms with E-state index in [2.05, 4.69) is 5.32 Å². The molecular weight excluding hydrogens is 356 g/mol. The quantitative estimate of drug-likeness (QED) is 0.585. The second-order valence-electron chi connectivity index (χ2n) is 6.53. The zero-order chi connectivity index (χ0) is 20.7. The minimum Gasteiger partial charge on any atom is -0.453 e. The summed E-state index contributed by atoms with van der Waals surface area (Å²) in [5.41, 5.74) is 3.64. The van der Waals surface area contributed by atoms with E-state index in [0.717, 1.165) is 11.1 Å². The predicted molar refractivity (Wildman–Crippen MR) is 105 cm³/mol. The molecule has 2 rings (SSSR count). The summed E-state index contributed by atoms with van der Waals surface area (Å²) in [7, 11) is 0. The summed E-state index contributed by atoms with van der Waals surface area (Å²) in [5.74, 6) is -1.24. The van der Waals surface area contributed by atoms with Gasteiger partial charge in [-0.2, -0.15) is 5.26 Å². The van der Waals surface area contributed by atoms with E-state index >= 15 is 0 Å². The Morgan fingerprint density at radius 2 is 1.71 bits per heavy atom. The van der Waals surface area contributed by atoms with Crippen LogP contribution >= 0.6 is 0 Å². The standard InChI is InChI=1S/C22H22N2O4/c1-14-4-7-18(12-15(14)2)20(25)10-11-21(26)28-16(3)22(27)24-19-8-5-17(13-23)6-9-19/h4-9,12,16H,10-11H2,1-3H3,(H,24,27)/t16-/m0/s1. The first-order chi connectivity index (χ1) is 13.3. The van der Waals surface area contributed by atoms with Gasteiger partial charge in [-0.15, -0.1) is 0 Å². The Labute approximate surface area is 164 Å². The summed E-state index contributed by atoms with van der Waals surface area (Å²) in [6.45, 7) is 5.35. The lowest BCUT2D eigenvalue weighted by atomic mass is 10.0. The molecule has 2 aromatic carbocycles. The van der Waals surface area contributed by atoms with Gasteiger partial charge in [-0.1, -0.05) is 12.1 Å². The Morgan fingerprint density at radius 1 is 1.04 bits per heavy atom. The minimum atomic E-state index is -1.00. The molecule has 6 heteroatoms. The van der Waals surface area contributed by atoms with Crippen LogP contribution in [0, 0.1) is 25.2 Å². The van der Waals surface area contributed by atoms with Crippen molar-refractivity contribution in [1.29, 1.82) is 5.26 Å². The van der Waals surface area contributed by atoms with Crippen LogP contribution in [0.1, 0.15) is 46.8 Å². The van der Waals surface area contributed by atoms with E-state index < -0.39 is 18.0 Å². The Balaban J connectivity index is 1.82. The smallest absolute Gasteiger partial charge is 0.307 e. The molecule has 0 aliphatic rings. The Hall–Kier alpha value is -3.46. The van der Waals surface area contributed by atoms with E-state index in [1.807, 2.05) is 26.0 Å². The molecule has 0 saturated heterocycles. The van der Waals surface area contributed by atoms with Gasteiger partial charge in [0, 0.05) is 17.7 Å². The molecule has 0 unspecified atom stereocenters. The third-order valence-electron chi connectivity index (χ3n) is 4.34. The highest BCUT2D eigenvalue weighted by Crippen LogP contribution is 2.13. The molecule has 0 heterocycles. The van der Waals surface area contributed by atoms with E-state index in [1.165, 1.54) is 6.92 Å². The number of carbonyl (C=O) groups is 3. The number of nitrogens with zero attached hydrogens (tertiary/aromatic N) is 1. The molecule has 2 aromatic rings. The summed E-state index contributed by atoms with van der Waals surface area (Å²) in [6.07, 6.45) is -1.08. The first kappa shape index (κ1) is 20.8. The largest absolute Gasteiger partial charge is 0.453 e. The van der Waals surface area contributed by atoms with Crippen LogP contribution in [-0.4, -0.2) is 23.8 Å². The number of ether oxygens (including phenoxy) is 1. The molecule has 0 fully saturated rings. The molecule has 28 heavy (non-hydrogen) atoms. The number of nitriles is 1. The Bertz CT molecular complexity index is 927. The molecule has 0 bridgehead atoms. The van der Waals surface area contributed by atoms with Crippen LogP contribution in [0.15, 0.2) is 42.5 Å². The van der Waals surface area contributed by atoms with Crippen molar-refractivity contribution in [2.24, 2.45) is 0 Å². The van der Waals surface area contributed by atoms with Gasteiger partial charge >= 0.3 is 5.97 Å². The summed E-state index contributed by atoms with van der Waals surface area (Å²) >= 11 is 0. The number of amides is 1. The van der Waals surface area contributed by atoms with Gasteiger partial charge in [-0.3, -0.25) is 14.4 Å². The summed E-state index contributed by atoms with van der Waals surface area (Å²) in [4.78, 5) is 36.3. The molecule has 0 aliphatic heterocycles. The molecule has 0 saturated carbocycles. The van der Waals surface area contributed by atoms with E-state index in [-0.39, 0.29) is 18.6 Å². The number of rotatable bonds is 7. The molecule has 1 atom stereocenters. The van der Waals surface area contributed by atoms with Crippen LogP contribution in [-0.2, 0) is 14.3 Å². The zero-order valence-corrected chi connectivity index (χ0v) is 16.1. The Kier molecular flexibility index (Phi) is 7.05. The topological polar surface area (TPSA) is 96.3 Å². The van der Waals surface area contributed by atoms with Crippen molar-refractivity contribution < 1.29 is 19.1 Å². The van der Waals surface area contributed by atoms with Crippen molar-refractivity contribution in [3.05, 3.63) is 64.7 Å². The van der Waals surface area contributed by atoms with Crippen LogP contribution in [0.2, 0.25) is 0 Å². The van der Waals surface area contributed by atoms with Gasteiger partial charge in [0.25, 0.3) is 5.91 Å². The lowest BCUT2D eigenvalue weighted by Crippen LogP contribution is -2.30. The van der Waals surface area contributed by atoms with Gasteiger partial charge in [0.15, 0.2) is 11.9 Å². The fraction of sp³-hybridized carbons (Fsp3) is 0.273. The van der Waals surface area contributed by atoms with Gasteiger partial charge in [-0.05, 0) is 62.2 Å². The molecule has 1 N–H and O–H groups in total. The molecule has 6 nitrogen and oxygen atoms in total. The van der Waals surface area contributed by atoms with Crippen molar-refractivity contribution >= 4 is 23.3 Å². The van der Waals surface area contributed by atoms with Crippen LogP contribution in [0.3, 0.4) is 0 Å². The van der Waals surface area contributed by atoms with E-state index in [1.54, 1.807) is 36.4 Å². The number of ketones is 1. The third-order valence-corrected chi connectivity index (χ3v) is 4.34. The van der Waals surface area contributed by atoms with Gasteiger partial charge in [-0.25, -0.2) is 0 Å². The van der Waals surface area contributed by atoms with Crippen LogP contribution < -0.4 is 5.32 Å². The number of Topliss-reactive ketones (excluding diaryl/α,β-unsaturated/α-hetero) is 1. The van der Waals surface area contributed by atoms with Gasteiger partial charge in [0.2, 0.25) is 0 Å². The number of nitrogens with one attached hydrogen (secondary N) is 1. The highest BCUT2D eigenvalue weighted by Gasteiger charge is 2.19. The molecular formula is C22H22N2O4. The van der Waals surface area contributed by atoms with Crippen LogP contribution in [0.25, 0.3) is 0 Å². The second kappa shape index (κ2) is 9.47. The maximum absolute atomic E-state index is 12.2. The summed E-state index contributed by atoms with van der Waals surface area (Å²) in [6, 6.07) is 13.7. The number of benzene rings is 2. The zero-order valence-electron chi connectivity index (χ0n) is 16.1. The molecule has 0 spiro atoms. The highest BCUT2D eigenvalue weighted by atomic mass is 16.5. The predicted octanol–water partition coefficient (Wildman–Crippen LogP) is 3.71. The first-order valence-electron chi connectivity index (χ1n) is 8.91. The van der Waals surface area contributed by atoms with Gasteiger partial charge in [0.1, 0.15) is 0 Å². The molecule has 0 aliphatic carbocycles. The van der Waals surface area contributed by atoms with Gasteiger partial charge in [0.05, 0.1) is 18.1 Å². The van der Waals surface area contributed by atoms with Crippen molar-refractivity contribution in [1.82, 2.24) is 0 Å². The summed E-state index contributed by atoms with van der Waals surface area (Å²) in [5, 5.41) is 11.4. The van der Waals surface area contributed by atoms with Crippen LogP contribution in [0.5, 0.6) is 0 Å². The first-order valence-corrected chi connectivity index (χ1v) is 8.91. The number of anilines is 1. The molecule has 0 aromatic heterocycles. The van der Waals surface area contributed by atoms with Crippen molar-refractivity contribution in [2.45, 2.75) is 39.7 Å². The highest BCUT2D eigenvalue weighted by molar-refractivity contribution is 5.98. The number of esters is 1. The van der Waals surface area contributed by atoms with Gasteiger partial charge < -0.3 is 10.1 Å². The Morgan fingerprint density at radius 3 is 2.32 bits per heavy atom.